The summed E-state index contributed by atoms with van der Waals surface area (Å²) in [7, 11) is -3.59. The number of aromatic nitrogens is 1. The molecule has 1 fully saturated rings. The molecule has 1 aliphatic heterocycles. The summed E-state index contributed by atoms with van der Waals surface area (Å²) in [4.78, 5) is 18.1. The van der Waals surface area contributed by atoms with Gasteiger partial charge in [0.25, 0.3) is 0 Å². The molecule has 0 atom stereocenters. The highest BCUT2D eigenvalue weighted by Crippen LogP contribution is 2.24. The SMILES string of the molecule is Cc1ccc(S(=O)(=O)N2CCN(CC(=O)c3c[nH]c4ccccc34)CC2)cc1Cl. The maximum absolute atomic E-state index is 12.9. The average molecular weight is 432 g/mol. The lowest BCUT2D eigenvalue weighted by Gasteiger charge is -2.33. The third-order valence-electron chi connectivity index (χ3n) is 5.37. The number of hydrogen-bond donors (Lipinski definition) is 1. The maximum Gasteiger partial charge on any atom is 0.243 e. The van der Waals surface area contributed by atoms with E-state index in [9.17, 15) is 13.2 Å². The molecule has 0 aliphatic carbocycles. The number of fused-ring (bicyclic) bond motifs is 1. The second-order valence-corrected chi connectivity index (χ2v) is 9.61. The van der Waals surface area contributed by atoms with Crippen LogP contribution in [0.4, 0.5) is 0 Å². The zero-order valence-electron chi connectivity index (χ0n) is 16.1. The molecule has 1 aromatic heterocycles. The number of aromatic amines is 1. The largest absolute Gasteiger partial charge is 0.360 e. The first-order chi connectivity index (χ1) is 13.9. The van der Waals surface area contributed by atoms with Gasteiger partial charge in [-0.1, -0.05) is 35.9 Å². The van der Waals surface area contributed by atoms with Crippen molar-refractivity contribution in [1.29, 1.82) is 0 Å². The normalized spacial score (nSPS) is 16.3. The fourth-order valence-electron chi connectivity index (χ4n) is 3.60. The molecule has 0 spiro atoms. The zero-order valence-corrected chi connectivity index (χ0v) is 17.6. The summed E-state index contributed by atoms with van der Waals surface area (Å²) in [6.07, 6.45) is 1.74. The van der Waals surface area contributed by atoms with Crippen LogP contribution < -0.4 is 0 Å². The van der Waals surface area contributed by atoms with Crippen molar-refractivity contribution in [2.45, 2.75) is 11.8 Å². The first-order valence-electron chi connectivity index (χ1n) is 9.44. The summed E-state index contributed by atoms with van der Waals surface area (Å²) in [5.41, 5.74) is 2.44. The van der Waals surface area contributed by atoms with Gasteiger partial charge in [0.05, 0.1) is 11.4 Å². The van der Waals surface area contributed by atoms with E-state index in [-0.39, 0.29) is 17.2 Å². The third-order valence-corrected chi connectivity index (χ3v) is 7.67. The van der Waals surface area contributed by atoms with Gasteiger partial charge >= 0.3 is 0 Å². The lowest BCUT2D eigenvalue weighted by Crippen LogP contribution is -2.49. The van der Waals surface area contributed by atoms with Crippen LogP contribution in [0.15, 0.2) is 53.6 Å². The third kappa shape index (κ3) is 3.96. The summed E-state index contributed by atoms with van der Waals surface area (Å²) < 4.78 is 27.2. The molecule has 29 heavy (non-hydrogen) atoms. The molecule has 1 aliphatic rings. The quantitative estimate of drug-likeness (QED) is 0.629. The number of ketones is 1. The minimum Gasteiger partial charge on any atom is -0.360 e. The Bertz CT molecular complexity index is 1160. The molecule has 8 heteroatoms. The van der Waals surface area contributed by atoms with E-state index < -0.39 is 10.0 Å². The molecular formula is C21H22ClN3O3S. The number of halogens is 1. The van der Waals surface area contributed by atoms with Crippen LogP contribution >= 0.6 is 11.6 Å². The lowest BCUT2D eigenvalue weighted by atomic mass is 10.1. The van der Waals surface area contributed by atoms with Gasteiger partial charge in [0.15, 0.2) is 5.78 Å². The number of carbonyl (C=O) groups is 1. The van der Waals surface area contributed by atoms with E-state index in [0.717, 1.165) is 16.5 Å². The topological polar surface area (TPSA) is 73.5 Å². The molecule has 0 radical (unpaired) electrons. The fraction of sp³-hybridized carbons (Fsp3) is 0.286. The number of carbonyl (C=O) groups excluding carboxylic acids is 1. The zero-order chi connectivity index (χ0) is 20.6. The van der Waals surface area contributed by atoms with E-state index in [4.69, 9.17) is 11.6 Å². The van der Waals surface area contributed by atoms with E-state index >= 15 is 0 Å². The van der Waals surface area contributed by atoms with E-state index in [1.54, 1.807) is 18.3 Å². The smallest absolute Gasteiger partial charge is 0.243 e. The molecular weight excluding hydrogens is 410 g/mol. The van der Waals surface area contributed by atoms with Crippen molar-refractivity contribution < 1.29 is 13.2 Å². The second-order valence-electron chi connectivity index (χ2n) is 7.26. The molecule has 152 valence electrons. The highest BCUT2D eigenvalue weighted by molar-refractivity contribution is 7.89. The Kier molecular flexibility index (Phi) is 5.48. The molecule has 0 saturated carbocycles. The summed E-state index contributed by atoms with van der Waals surface area (Å²) >= 11 is 6.10. The van der Waals surface area contributed by atoms with Gasteiger partial charge in [0, 0.05) is 53.9 Å². The average Bonchev–Trinajstić information content (AvgIpc) is 3.15. The lowest BCUT2D eigenvalue weighted by molar-refractivity contribution is 0.0903. The van der Waals surface area contributed by atoms with Crippen molar-refractivity contribution in [2.24, 2.45) is 0 Å². The number of piperazine rings is 1. The highest BCUT2D eigenvalue weighted by atomic mass is 35.5. The summed E-state index contributed by atoms with van der Waals surface area (Å²) in [5.74, 6) is 0.0315. The van der Waals surface area contributed by atoms with E-state index in [0.29, 0.717) is 36.8 Å². The standard InChI is InChI=1S/C21H22ClN3O3S/c1-15-6-7-16(12-19(15)22)29(27,28)25-10-8-24(9-11-25)14-21(26)18-13-23-20-5-3-2-4-17(18)20/h2-7,12-13,23H,8-11,14H2,1H3. The number of rotatable bonds is 5. The molecule has 6 nitrogen and oxygen atoms in total. The number of aryl methyl sites for hydroxylation is 1. The van der Waals surface area contributed by atoms with Gasteiger partial charge in [-0.05, 0) is 30.7 Å². The predicted molar refractivity (Wildman–Crippen MR) is 114 cm³/mol. The van der Waals surface area contributed by atoms with Gasteiger partial charge < -0.3 is 4.98 Å². The number of nitrogens with one attached hydrogen (secondary N) is 1. The van der Waals surface area contributed by atoms with Crippen molar-refractivity contribution in [3.63, 3.8) is 0 Å². The van der Waals surface area contributed by atoms with Crippen LogP contribution in [0.2, 0.25) is 5.02 Å². The van der Waals surface area contributed by atoms with Gasteiger partial charge in [0.2, 0.25) is 10.0 Å². The van der Waals surface area contributed by atoms with E-state index in [2.05, 4.69) is 4.98 Å². The Hall–Kier alpha value is -2.19. The van der Waals surface area contributed by atoms with Gasteiger partial charge in [-0.25, -0.2) is 8.42 Å². The first-order valence-corrected chi connectivity index (χ1v) is 11.3. The Morgan fingerprint density at radius 2 is 1.83 bits per heavy atom. The summed E-state index contributed by atoms with van der Waals surface area (Å²) in [6, 6.07) is 12.5. The molecule has 4 rings (SSSR count). The Morgan fingerprint density at radius 3 is 2.55 bits per heavy atom. The van der Waals surface area contributed by atoms with E-state index in [1.165, 1.54) is 10.4 Å². The summed E-state index contributed by atoms with van der Waals surface area (Å²) in [6.45, 7) is 3.80. The van der Waals surface area contributed by atoms with Crippen LogP contribution in [0, 0.1) is 6.92 Å². The van der Waals surface area contributed by atoms with Gasteiger partial charge in [0.1, 0.15) is 0 Å². The number of Topliss-reactive ketones (excluding diaryl/α,β-unsaturated/α-hetero) is 1. The minimum atomic E-state index is -3.59. The molecule has 0 amide bonds. The van der Waals surface area contributed by atoms with Crippen molar-refractivity contribution >= 4 is 38.3 Å². The highest BCUT2D eigenvalue weighted by Gasteiger charge is 2.29. The van der Waals surface area contributed by atoms with Gasteiger partial charge in [-0.2, -0.15) is 4.31 Å². The number of H-pyrrole nitrogens is 1. The molecule has 1 saturated heterocycles. The predicted octanol–water partition coefficient (Wildman–Crippen LogP) is 3.32. The Labute approximate surface area is 175 Å². The van der Waals surface area contributed by atoms with Gasteiger partial charge in [-0.15, -0.1) is 0 Å². The van der Waals surface area contributed by atoms with E-state index in [1.807, 2.05) is 36.1 Å². The molecule has 0 unspecified atom stereocenters. The Balaban J connectivity index is 1.41. The van der Waals surface area contributed by atoms with Crippen LogP contribution in [0.5, 0.6) is 0 Å². The van der Waals surface area contributed by atoms with Crippen molar-refractivity contribution in [2.75, 3.05) is 32.7 Å². The van der Waals surface area contributed by atoms with Crippen molar-refractivity contribution in [3.8, 4) is 0 Å². The van der Waals surface area contributed by atoms with Crippen LogP contribution in [-0.2, 0) is 10.0 Å². The minimum absolute atomic E-state index is 0.0315. The molecule has 1 N–H and O–H groups in total. The molecule has 0 bridgehead atoms. The monoisotopic (exact) mass is 431 g/mol. The number of benzene rings is 2. The second kappa shape index (κ2) is 7.91. The van der Waals surface area contributed by atoms with Crippen molar-refractivity contribution in [1.82, 2.24) is 14.2 Å². The molecule has 2 aromatic carbocycles. The Morgan fingerprint density at radius 1 is 1.10 bits per heavy atom. The fourth-order valence-corrected chi connectivity index (χ4v) is 5.30. The number of hydrogen-bond acceptors (Lipinski definition) is 4. The maximum atomic E-state index is 12.9. The van der Waals surface area contributed by atoms with Crippen LogP contribution in [0.1, 0.15) is 15.9 Å². The summed E-state index contributed by atoms with van der Waals surface area (Å²) in [5, 5.41) is 1.35. The van der Waals surface area contributed by atoms with Crippen LogP contribution in [0.3, 0.4) is 0 Å². The molecule has 3 aromatic rings. The number of sulfonamides is 1. The van der Waals surface area contributed by atoms with Crippen LogP contribution in [0.25, 0.3) is 10.9 Å². The molecule has 2 heterocycles. The van der Waals surface area contributed by atoms with Crippen molar-refractivity contribution in [3.05, 3.63) is 64.8 Å². The first kappa shape index (κ1) is 20.1. The van der Waals surface area contributed by atoms with Crippen LogP contribution in [-0.4, -0.2) is 61.1 Å². The van der Waals surface area contributed by atoms with Gasteiger partial charge in [-0.3, -0.25) is 9.69 Å². The number of nitrogens with zero attached hydrogens (tertiary/aromatic N) is 2. The number of para-hydroxylation sites is 1.